The summed E-state index contributed by atoms with van der Waals surface area (Å²) in [6.07, 6.45) is 4.56. The highest BCUT2D eigenvalue weighted by molar-refractivity contribution is 6.19. The average Bonchev–Trinajstić information content (AvgIpc) is 2.45. The molecule has 0 bridgehead atoms. The van der Waals surface area contributed by atoms with Crippen LogP contribution in [-0.4, -0.2) is 23.3 Å². The molecule has 3 nitrogen and oxygen atoms in total. The van der Waals surface area contributed by atoms with Crippen LogP contribution in [0.4, 0.5) is 0 Å². The second kappa shape index (κ2) is 3.56. The van der Waals surface area contributed by atoms with Gasteiger partial charge in [0.15, 0.2) is 0 Å². The van der Waals surface area contributed by atoms with Crippen LogP contribution in [0.5, 0.6) is 0 Å². The standard InChI is InChI=1S/C11H15NO2/c1-2-7-12-10(13)8-5-3-4-6-9(8)11(12)14/h2-7H2,1H3. The van der Waals surface area contributed by atoms with Gasteiger partial charge in [0.25, 0.3) is 11.8 Å². The van der Waals surface area contributed by atoms with E-state index in [2.05, 4.69) is 0 Å². The molecule has 0 aromatic carbocycles. The molecule has 0 saturated heterocycles. The van der Waals surface area contributed by atoms with Crippen molar-refractivity contribution in [2.75, 3.05) is 6.54 Å². The molecule has 0 radical (unpaired) electrons. The van der Waals surface area contributed by atoms with Gasteiger partial charge in [0.1, 0.15) is 0 Å². The predicted molar refractivity (Wildman–Crippen MR) is 52.5 cm³/mol. The largest absolute Gasteiger partial charge is 0.275 e. The van der Waals surface area contributed by atoms with Crippen molar-refractivity contribution in [3.63, 3.8) is 0 Å². The molecule has 2 rings (SSSR count). The van der Waals surface area contributed by atoms with Crippen LogP contribution in [-0.2, 0) is 9.59 Å². The molecule has 2 aliphatic rings. The summed E-state index contributed by atoms with van der Waals surface area (Å²) in [6.45, 7) is 2.56. The average molecular weight is 193 g/mol. The van der Waals surface area contributed by atoms with Crippen molar-refractivity contribution in [2.24, 2.45) is 0 Å². The molecule has 0 N–H and O–H groups in total. The van der Waals surface area contributed by atoms with Gasteiger partial charge in [0.05, 0.1) is 0 Å². The maximum absolute atomic E-state index is 11.8. The first-order valence-corrected chi connectivity index (χ1v) is 5.34. The molecule has 0 fully saturated rings. The van der Waals surface area contributed by atoms with Crippen LogP contribution in [0.3, 0.4) is 0 Å². The van der Waals surface area contributed by atoms with Crippen LogP contribution in [0.25, 0.3) is 0 Å². The summed E-state index contributed by atoms with van der Waals surface area (Å²) in [6, 6.07) is 0. The maximum Gasteiger partial charge on any atom is 0.257 e. The Morgan fingerprint density at radius 3 is 2.00 bits per heavy atom. The van der Waals surface area contributed by atoms with Crippen molar-refractivity contribution >= 4 is 11.8 Å². The Labute approximate surface area is 83.8 Å². The lowest BCUT2D eigenvalue weighted by Crippen LogP contribution is -2.32. The third-order valence-electron chi connectivity index (χ3n) is 2.92. The number of amides is 2. The molecule has 0 atom stereocenters. The van der Waals surface area contributed by atoms with E-state index in [1.54, 1.807) is 0 Å². The van der Waals surface area contributed by atoms with Crippen molar-refractivity contribution in [1.29, 1.82) is 0 Å². The van der Waals surface area contributed by atoms with E-state index >= 15 is 0 Å². The number of hydrogen-bond acceptors (Lipinski definition) is 2. The number of carbonyl (C=O) groups is 2. The summed E-state index contributed by atoms with van der Waals surface area (Å²) in [5.41, 5.74) is 1.60. The molecule has 0 aromatic rings. The molecule has 0 saturated carbocycles. The Morgan fingerprint density at radius 2 is 1.57 bits per heavy atom. The lowest BCUT2D eigenvalue weighted by atomic mass is 9.93. The summed E-state index contributed by atoms with van der Waals surface area (Å²) < 4.78 is 0. The second-order valence-electron chi connectivity index (χ2n) is 3.93. The van der Waals surface area contributed by atoms with E-state index in [4.69, 9.17) is 0 Å². The Hall–Kier alpha value is -1.12. The zero-order valence-corrected chi connectivity index (χ0v) is 8.51. The number of nitrogens with zero attached hydrogens (tertiary/aromatic N) is 1. The predicted octanol–water partition coefficient (Wildman–Crippen LogP) is 1.64. The molecule has 2 amide bonds. The number of rotatable bonds is 2. The fraction of sp³-hybridized carbons (Fsp3) is 0.636. The first-order valence-electron chi connectivity index (χ1n) is 5.34. The van der Waals surface area contributed by atoms with Gasteiger partial charge in [-0.3, -0.25) is 14.5 Å². The normalized spacial score (nSPS) is 21.9. The van der Waals surface area contributed by atoms with Crippen LogP contribution in [0.15, 0.2) is 11.1 Å². The highest BCUT2D eigenvalue weighted by atomic mass is 16.2. The molecule has 0 aromatic heterocycles. The van der Waals surface area contributed by atoms with Crippen molar-refractivity contribution in [3.8, 4) is 0 Å². The summed E-state index contributed by atoms with van der Waals surface area (Å²) in [5.74, 6) is -0.0434. The van der Waals surface area contributed by atoms with Crippen LogP contribution >= 0.6 is 0 Å². The minimum Gasteiger partial charge on any atom is -0.275 e. The highest BCUT2D eigenvalue weighted by Crippen LogP contribution is 2.32. The topological polar surface area (TPSA) is 37.4 Å². The molecule has 1 aliphatic carbocycles. The van der Waals surface area contributed by atoms with E-state index < -0.39 is 0 Å². The zero-order chi connectivity index (χ0) is 10.1. The van der Waals surface area contributed by atoms with Gasteiger partial charge < -0.3 is 0 Å². The molecule has 0 spiro atoms. The van der Waals surface area contributed by atoms with Crippen molar-refractivity contribution in [1.82, 2.24) is 4.90 Å². The van der Waals surface area contributed by atoms with Gasteiger partial charge in [-0.1, -0.05) is 6.92 Å². The molecule has 76 valence electrons. The Morgan fingerprint density at radius 1 is 1.07 bits per heavy atom. The van der Waals surface area contributed by atoms with Gasteiger partial charge in [-0.15, -0.1) is 0 Å². The third kappa shape index (κ3) is 1.27. The summed E-state index contributed by atoms with van der Waals surface area (Å²) >= 11 is 0. The summed E-state index contributed by atoms with van der Waals surface area (Å²) in [7, 11) is 0. The minimum atomic E-state index is -0.0217. The van der Waals surface area contributed by atoms with E-state index in [0.717, 1.165) is 43.3 Å². The maximum atomic E-state index is 11.8. The SMILES string of the molecule is CCCN1C(=O)C2=C(CCCC2)C1=O. The second-order valence-corrected chi connectivity index (χ2v) is 3.93. The van der Waals surface area contributed by atoms with Gasteiger partial charge in [-0.05, 0) is 32.1 Å². The quantitative estimate of drug-likeness (QED) is 0.625. The Kier molecular flexibility index (Phi) is 2.40. The van der Waals surface area contributed by atoms with Gasteiger partial charge in [0, 0.05) is 17.7 Å². The van der Waals surface area contributed by atoms with Crippen molar-refractivity contribution < 1.29 is 9.59 Å². The Bertz CT molecular complexity index is 289. The van der Waals surface area contributed by atoms with E-state index in [0.29, 0.717) is 6.54 Å². The third-order valence-corrected chi connectivity index (χ3v) is 2.92. The van der Waals surface area contributed by atoms with Gasteiger partial charge >= 0.3 is 0 Å². The molecule has 14 heavy (non-hydrogen) atoms. The first kappa shape index (κ1) is 9.44. The fourth-order valence-electron chi connectivity index (χ4n) is 2.22. The van der Waals surface area contributed by atoms with Crippen LogP contribution in [0.2, 0.25) is 0 Å². The van der Waals surface area contributed by atoms with E-state index in [9.17, 15) is 9.59 Å². The van der Waals surface area contributed by atoms with E-state index in [1.165, 1.54) is 4.90 Å². The molecule has 3 heteroatoms. The smallest absolute Gasteiger partial charge is 0.257 e. The van der Waals surface area contributed by atoms with Crippen LogP contribution in [0.1, 0.15) is 39.0 Å². The van der Waals surface area contributed by atoms with E-state index in [1.807, 2.05) is 6.92 Å². The minimum absolute atomic E-state index is 0.0217. The molecule has 1 heterocycles. The molecule has 1 aliphatic heterocycles. The Balaban J connectivity index is 2.25. The van der Waals surface area contributed by atoms with E-state index in [-0.39, 0.29) is 11.8 Å². The van der Waals surface area contributed by atoms with Crippen LogP contribution < -0.4 is 0 Å². The molecule has 0 unspecified atom stereocenters. The van der Waals surface area contributed by atoms with Crippen molar-refractivity contribution in [3.05, 3.63) is 11.1 Å². The number of carbonyl (C=O) groups excluding carboxylic acids is 2. The van der Waals surface area contributed by atoms with Gasteiger partial charge in [-0.25, -0.2) is 0 Å². The lowest BCUT2D eigenvalue weighted by molar-refractivity contribution is -0.137. The summed E-state index contributed by atoms with van der Waals surface area (Å²) in [4.78, 5) is 25.0. The summed E-state index contributed by atoms with van der Waals surface area (Å²) in [5, 5.41) is 0. The highest BCUT2D eigenvalue weighted by Gasteiger charge is 2.37. The van der Waals surface area contributed by atoms with Crippen molar-refractivity contribution in [2.45, 2.75) is 39.0 Å². The fourth-order valence-corrected chi connectivity index (χ4v) is 2.22. The number of imide groups is 1. The zero-order valence-electron chi connectivity index (χ0n) is 8.51. The molecular weight excluding hydrogens is 178 g/mol. The van der Waals surface area contributed by atoms with Gasteiger partial charge in [-0.2, -0.15) is 0 Å². The van der Waals surface area contributed by atoms with Crippen LogP contribution in [0, 0.1) is 0 Å². The first-order chi connectivity index (χ1) is 6.75. The number of hydrogen-bond donors (Lipinski definition) is 0. The molecular formula is C11H15NO2. The monoisotopic (exact) mass is 193 g/mol. The van der Waals surface area contributed by atoms with Gasteiger partial charge in [0.2, 0.25) is 0 Å². The lowest BCUT2D eigenvalue weighted by Gasteiger charge is -2.12.